The van der Waals surface area contributed by atoms with Gasteiger partial charge in [0.05, 0.1) is 48.4 Å². The van der Waals surface area contributed by atoms with E-state index in [0.29, 0.717) is 50.9 Å². The zero-order valence-electron chi connectivity index (χ0n) is 31.0. The molecule has 4 atom stereocenters. The second-order valence-electron chi connectivity index (χ2n) is 15.1. The van der Waals surface area contributed by atoms with E-state index in [0.717, 1.165) is 29.1 Å². The van der Waals surface area contributed by atoms with Gasteiger partial charge in [-0.2, -0.15) is 0 Å². The molecule has 0 spiro atoms. The lowest BCUT2D eigenvalue weighted by molar-refractivity contribution is -0.140. The number of nitrogens with zero attached hydrogens (tertiary/aromatic N) is 9. The third-order valence-electron chi connectivity index (χ3n) is 8.61. The van der Waals surface area contributed by atoms with Crippen LogP contribution in [0.2, 0.25) is 19.6 Å². The highest BCUT2D eigenvalue weighted by molar-refractivity contribution is 6.83. The van der Waals surface area contributed by atoms with E-state index < -0.39 is 14.2 Å². The monoisotopic (exact) mass is 701 g/mol. The van der Waals surface area contributed by atoms with E-state index in [1.807, 2.05) is 63.0 Å². The molecule has 0 amide bonds. The van der Waals surface area contributed by atoms with Gasteiger partial charge in [-0.1, -0.05) is 93.3 Å². The van der Waals surface area contributed by atoms with Gasteiger partial charge in [-0.3, -0.25) is 4.79 Å². The number of esters is 1. The van der Waals surface area contributed by atoms with E-state index in [2.05, 4.69) is 89.7 Å². The normalized spacial score (nSPS) is 14.3. The molecule has 0 aliphatic carbocycles. The Balaban J connectivity index is 1.44. The van der Waals surface area contributed by atoms with Crippen LogP contribution in [0.1, 0.15) is 94.1 Å². The number of carbonyl (C=O) groups excluding carboxylic acids is 1. The molecule has 0 saturated carbocycles. The Morgan fingerprint density at radius 3 is 2.00 bits per heavy atom. The number of ether oxygens (including phenoxy) is 1. The van der Waals surface area contributed by atoms with Crippen molar-refractivity contribution in [2.75, 3.05) is 7.11 Å². The first-order valence-electron chi connectivity index (χ1n) is 17.8. The van der Waals surface area contributed by atoms with Crippen LogP contribution in [-0.2, 0) is 35.2 Å². The van der Waals surface area contributed by atoms with E-state index in [4.69, 9.17) is 4.74 Å². The molecule has 3 aromatic heterocycles. The van der Waals surface area contributed by atoms with Crippen molar-refractivity contribution in [2.24, 2.45) is 11.8 Å². The predicted molar refractivity (Wildman–Crippen MR) is 196 cm³/mol. The molecule has 1 aromatic carbocycles. The Bertz CT molecular complexity index is 1680. The molecule has 12 nitrogen and oxygen atoms in total. The minimum absolute atomic E-state index is 0.0297. The topological polar surface area (TPSA) is 139 Å². The summed E-state index contributed by atoms with van der Waals surface area (Å²) >= 11 is 0. The second kappa shape index (κ2) is 18.2. The number of aromatic nitrogens is 9. The highest BCUT2D eigenvalue weighted by Gasteiger charge is 2.24. The molecule has 0 saturated heterocycles. The standard InChI is InChI=1S/C37H55N9O3Si/c1-27(2)19-34(21-30-24-44(41-38-30)33(16-17-37(48)49-5)15-12-18-50(6,7)8)45-25-32(40-42-45)23-36(28(3)4)46-26-31(39-43-46)22-35(47)20-29-13-10-9-11-14-29/h9-11,13-14,24-28,33-36,47H,15-17,19-23H2,1-8H3/t33-,34-,35+,36+/m0/s1. The molecule has 0 bridgehead atoms. The average molecular weight is 702 g/mol. The van der Waals surface area contributed by atoms with Gasteiger partial charge in [0.2, 0.25) is 0 Å². The Labute approximate surface area is 298 Å². The highest BCUT2D eigenvalue weighted by Crippen LogP contribution is 2.26. The lowest BCUT2D eigenvalue weighted by atomic mass is 9.99. The summed E-state index contributed by atoms with van der Waals surface area (Å²) in [4.78, 5) is 11.9. The van der Waals surface area contributed by atoms with Gasteiger partial charge in [0, 0.05) is 50.7 Å². The maximum Gasteiger partial charge on any atom is 0.305 e. The van der Waals surface area contributed by atoms with Gasteiger partial charge in [-0.15, -0.1) is 26.8 Å². The number of hydrogen-bond acceptors (Lipinski definition) is 9. The van der Waals surface area contributed by atoms with E-state index in [1.165, 1.54) is 7.11 Å². The van der Waals surface area contributed by atoms with Gasteiger partial charge in [-0.25, -0.2) is 14.0 Å². The van der Waals surface area contributed by atoms with Crippen molar-refractivity contribution >= 4 is 14.0 Å². The van der Waals surface area contributed by atoms with Crippen LogP contribution in [0.4, 0.5) is 0 Å². The van der Waals surface area contributed by atoms with Crippen LogP contribution in [-0.4, -0.2) is 77.3 Å². The Morgan fingerprint density at radius 1 is 0.820 bits per heavy atom. The molecule has 4 aromatic rings. The summed E-state index contributed by atoms with van der Waals surface area (Å²) in [5.74, 6) is 3.81. The van der Waals surface area contributed by atoms with Gasteiger partial charge in [-0.05, 0) is 36.7 Å². The molecule has 4 rings (SSSR count). The first-order chi connectivity index (χ1) is 23.8. The summed E-state index contributed by atoms with van der Waals surface area (Å²) in [7, 11) is -0.117. The molecule has 0 unspecified atom stereocenters. The molecule has 0 fully saturated rings. The first kappa shape index (κ1) is 38.6. The second-order valence-corrected chi connectivity index (χ2v) is 19.9. The number of benzene rings is 1. The van der Waals surface area contributed by atoms with Crippen molar-refractivity contribution in [1.29, 1.82) is 0 Å². The molecule has 0 radical (unpaired) electrons. The molecular weight excluding hydrogens is 647 g/mol. The summed E-state index contributed by atoms with van der Waals surface area (Å²) in [5.41, 5.74) is 7.03. The van der Waals surface area contributed by atoms with Gasteiger partial charge in [0.25, 0.3) is 0 Å². The van der Waals surface area contributed by atoms with E-state index in [9.17, 15) is 9.90 Å². The molecule has 50 heavy (non-hydrogen) atoms. The van der Waals surface area contributed by atoms with Crippen molar-refractivity contribution in [1.82, 2.24) is 45.0 Å². The lowest BCUT2D eigenvalue weighted by Crippen LogP contribution is -2.19. The van der Waals surface area contributed by atoms with Crippen LogP contribution in [0, 0.1) is 23.3 Å². The van der Waals surface area contributed by atoms with Crippen molar-refractivity contribution in [3.63, 3.8) is 0 Å². The van der Waals surface area contributed by atoms with E-state index in [-0.39, 0.29) is 30.0 Å². The van der Waals surface area contributed by atoms with Crippen LogP contribution in [0.5, 0.6) is 0 Å². The highest BCUT2D eigenvalue weighted by atomic mass is 28.3. The van der Waals surface area contributed by atoms with Gasteiger partial charge >= 0.3 is 5.97 Å². The summed E-state index contributed by atoms with van der Waals surface area (Å²) in [6.45, 7) is 15.4. The predicted octanol–water partition coefficient (Wildman–Crippen LogP) is 5.64. The Hall–Kier alpha value is -4.15. The van der Waals surface area contributed by atoms with Crippen molar-refractivity contribution < 1.29 is 14.6 Å². The smallest absolute Gasteiger partial charge is 0.305 e. The number of carbonyl (C=O) groups is 1. The Morgan fingerprint density at radius 2 is 1.40 bits per heavy atom. The van der Waals surface area contributed by atoms with Crippen LogP contribution in [0.25, 0.3) is 0 Å². The van der Waals surface area contributed by atoms with Crippen molar-refractivity contribution in [3.05, 3.63) is 71.6 Å². The first-order valence-corrected chi connectivity index (χ1v) is 21.3. The molecular formula is C37H55N9O3Si. The minimum Gasteiger partial charge on any atom is -0.469 e. The molecule has 3 heterocycles. The molecule has 270 valence electrons. The van der Waals surface area contributed by atoms with Gasteiger partial charge in [0.1, 0.15) is 8.07 Å². The van der Waals surface area contributed by atoms with Gasteiger partial charge < -0.3 is 9.84 Å². The zero-order valence-corrected chi connectivity index (χ0v) is 32.0. The molecule has 1 N–H and O–H groups in total. The summed E-state index contributed by atoms with van der Waals surface area (Å²) in [5, 5.41) is 37.7. The van der Waals surface area contributed by atoms with Crippen LogP contribution < -0.4 is 0 Å². The zero-order chi connectivity index (χ0) is 36.3. The minimum atomic E-state index is -1.53. The number of hydrogen-bond donors (Lipinski definition) is 1. The van der Waals surface area contributed by atoms with Crippen molar-refractivity contribution in [2.45, 2.75) is 123 Å². The van der Waals surface area contributed by atoms with E-state index >= 15 is 0 Å². The quantitative estimate of drug-likeness (QED) is 0.0793. The van der Waals surface area contributed by atoms with Crippen LogP contribution in [0.15, 0.2) is 48.9 Å². The third-order valence-corrected chi connectivity index (χ3v) is 9.53. The lowest BCUT2D eigenvalue weighted by Gasteiger charge is -2.20. The third kappa shape index (κ3) is 12.3. The van der Waals surface area contributed by atoms with Crippen LogP contribution in [0.3, 0.4) is 0 Å². The maximum atomic E-state index is 11.9. The van der Waals surface area contributed by atoms with E-state index in [1.54, 1.807) is 0 Å². The number of rotatable bonds is 18. The number of methoxy groups -OCH3 is 1. The largest absolute Gasteiger partial charge is 0.469 e. The fraction of sp³-hybridized carbons (Fsp3) is 0.595. The van der Waals surface area contributed by atoms with Crippen molar-refractivity contribution in [3.8, 4) is 11.5 Å². The molecule has 0 aliphatic heterocycles. The number of aliphatic hydroxyl groups excluding tert-OH is 1. The summed E-state index contributed by atoms with van der Waals surface area (Å²) in [6.07, 6.45) is 10.1. The van der Waals surface area contributed by atoms with Gasteiger partial charge in [0.15, 0.2) is 0 Å². The fourth-order valence-corrected chi connectivity index (χ4v) is 6.64. The average Bonchev–Trinajstić information content (AvgIpc) is 3.82. The number of aliphatic hydroxyl groups is 1. The SMILES string of the molecule is COC(=O)CC[C@H](CC#C[Si](C)(C)C)n1cc(C[C@H](CC(C)C)n2cc(C[C@H](C(C)C)n3cc(C[C@H](O)Cc4ccccc4)nn3)nn2)nn1. The molecule has 0 aliphatic rings. The molecule has 13 heteroatoms. The maximum absolute atomic E-state index is 11.9. The van der Waals surface area contributed by atoms with Crippen LogP contribution >= 0.6 is 0 Å². The summed E-state index contributed by atoms with van der Waals surface area (Å²) < 4.78 is 10.6. The Kier molecular flexibility index (Phi) is 14.1. The fourth-order valence-electron chi connectivity index (χ4n) is 6.01. The summed E-state index contributed by atoms with van der Waals surface area (Å²) in [6, 6.07) is 9.99.